The molecule has 2 amide bonds. The molecule has 0 aliphatic carbocycles. The number of amides is 2. The van der Waals surface area contributed by atoms with Crippen LogP contribution in [0.2, 0.25) is 0 Å². The van der Waals surface area contributed by atoms with Gasteiger partial charge in [0.15, 0.2) is 0 Å². The van der Waals surface area contributed by atoms with Crippen molar-refractivity contribution in [3.8, 4) is 0 Å². The number of carbonyl (C=O) groups is 2. The van der Waals surface area contributed by atoms with E-state index < -0.39 is 0 Å². The number of aromatic nitrogens is 2. The van der Waals surface area contributed by atoms with Gasteiger partial charge in [-0.1, -0.05) is 43.3 Å². The molecule has 8 nitrogen and oxygen atoms in total. The molecule has 1 saturated heterocycles. The first kappa shape index (κ1) is 26.1. The van der Waals surface area contributed by atoms with Crippen LogP contribution in [0.1, 0.15) is 67.5 Å². The first-order valence-corrected chi connectivity index (χ1v) is 13.7. The normalized spacial score (nSPS) is 20.3. The van der Waals surface area contributed by atoms with E-state index in [4.69, 9.17) is 4.52 Å². The molecule has 2 aromatic heterocycles. The largest absolute Gasteiger partial charge is 0.351 e. The van der Waals surface area contributed by atoms with Gasteiger partial charge < -0.3 is 14.3 Å². The van der Waals surface area contributed by atoms with Crippen molar-refractivity contribution in [1.82, 2.24) is 19.9 Å². The van der Waals surface area contributed by atoms with Crippen molar-refractivity contribution >= 4 is 17.5 Å². The van der Waals surface area contributed by atoms with Crippen LogP contribution >= 0.6 is 0 Å². The van der Waals surface area contributed by atoms with Crippen LogP contribution in [0.4, 0.5) is 5.69 Å². The van der Waals surface area contributed by atoms with Gasteiger partial charge in [0.1, 0.15) is 0 Å². The standard InChI is InChI=1S/C30H37N5O3/c1-21(2)16-25-17-29(38-32-25)30(37)33-18-23-8-4-5-10-28(23)34(22(3)36)15-13-26-11-12-27(20-33)35(26)19-24-9-6-7-14-31-24/h4-10,14,17,21,26-27H,11-13,15-16,18-20H2,1-3H3/t26-,27+/m0/s1. The number of hydrogen-bond acceptors (Lipinski definition) is 6. The number of hydrogen-bond donors (Lipinski definition) is 0. The van der Waals surface area contributed by atoms with Crippen LogP contribution in [-0.2, 0) is 24.3 Å². The lowest BCUT2D eigenvalue weighted by atomic mass is 10.1. The third-order valence-corrected chi connectivity index (χ3v) is 7.66. The van der Waals surface area contributed by atoms with E-state index in [1.807, 2.05) is 52.4 Å². The molecular formula is C30H37N5O3. The number of anilines is 1. The van der Waals surface area contributed by atoms with E-state index in [0.717, 1.165) is 48.3 Å². The van der Waals surface area contributed by atoms with Crippen LogP contribution in [0.3, 0.4) is 0 Å². The maximum absolute atomic E-state index is 13.9. The van der Waals surface area contributed by atoms with Crippen LogP contribution in [0, 0.1) is 5.92 Å². The van der Waals surface area contributed by atoms with E-state index in [1.165, 1.54) is 0 Å². The Kier molecular flexibility index (Phi) is 7.88. The predicted molar refractivity (Wildman–Crippen MR) is 145 cm³/mol. The molecule has 200 valence electrons. The van der Waals surface area contributed by atoms with Gasteiger partial charge in [0.05, 0.1) is 11.4 Å². The molecule has 38 heavy (non-hydrogen) atoms. The molecule has 8 heteroatoms. The van der Waals surface area contributed by atoms with E-state index in [-0.39, 0.29) is 23.6 Å². The minimum absolute atomic E-state index is 0.00829. The van der Waals surface area contributed by atoms with Crippen molar-refractivity contribution in [2.75, 3.05) is 18.0 Å². The fourth-order valence-corrected chi connectivity index (χ4v) is 5.85. The Bertz CT molecular complexity index is 1260. The summed E-state index contributed by atoms with van der Waals surface area (Å²) in [4.78, 5) is 37.5. The Labute approximate surface area is 224 Å². The Morgan fingerprint density at radius 1 is 1.03 bits per heavy atom. The summed E-state index contributed by atoms with van der Waals surface area (Å²) in [5.74, 6) is 0.522. The molecule has 5 rings (SSSR count). The molecule has 1 fully saturated rings. The van der Waals surface area contributed by atoms with Crippen LogP contribution in [0.15, 0.2) is 59.3 Å². The number of benzene rings is 1. The molecule has 2 aliphatic rings. The molecule has 0 unspecified atom stereocenters. The summed E-state index contributed by atoms with van der Waals surface area (Å²) in [6.07, 6.45) is 5.46. The van der Waals surface area contributed by atoms with Crippen molar-refractivity contribution in [3.05, 3.63) is 77.4 Å². The lowest BCUT2D eigenvalue weighted by Gasteiger charge is -2.33. The van der Waals surface area contributed by atoms with Gasteiger partial charge in [-0.3, -0.25) is 19.5 Å². The fourth-order valence-electron chi connectivity index (χ4n) is 5.85. The summed E-state index contributed by atoms with van der Waals surface area (Å²) in [6, 6.07) is 16.2. The van der Waals surface area contributed by atoms with Gasteiger partial charge in [-0.05, 0) is 55.4 Å². The molecule has 0 saturated carbocycles. The van der Waals surface area contributed by atoms with Crippen molar-refractivity contribution in [1.29, 1.82) is 0 Å². The van der Waals surface area contributed by atoms with Crippen LogP contribution in [0.5, 0.6) is 0 Å². The van der Waals surface area contributed by atoms with Crippen molar-refractivity contribution < 1.29 is 14.1 Å². The summed E-state index contributed by atoms with van der Waals surface area (Å²) in [5.41, 5.74) is 3.62. The highest BCUT2D eigenvalue weighted by Gasteiger charge is 2.37. The lowest BCUT2D eigenvalue weighted by molar-refractivity contribution is -0.116. The van der Waals surface area contributed by atoms with Crippen molar-refractivity contribution in [3.63, 3.8) is 0 Å². The molecule has 2 bridgehead atoms. The number of para-hydroxylation sites is 1. The number of pyridine rings is 1. The molecule has 3 aromatic rings. The first-order chi connectivity index (χ1) is 18.4. The number of nitrogens with zero attached hydrogens (tertiary/aromatic N) is 5. The second-order valence-corrected chi connectivity index (χ2v) is 10.9. The molecule has 2 atom stereocenters. The molecule has 0 N–H and O–H groups in total. The summed E-state index contributed by atoms with van der Waals surface area (Å²) in [6.45, 7) is 8.16. The fraction of sp³-hybridized carbons (Fsp3) is 0.467. The minimum atomic E-state index is -0.169. The van der Waals surface area contributed by atoms with Gasteiger partial charge in [0.2, 0.25) is 11.7 Å². The highest BCUT2D eigenvalue weighted by atomic mass is 16.5. The van der Waals surface area contributed by atoms with E-state index in [0.29, 0.717) is 38.1 Å². The van der Waals surface area contributed by atoms with Gasteiger partial charge in [-0.15, -0.1) is 0 Å². The van der Waals surface area contributed by atoms with E-state index >= 15 is 0 Å². The third kappa shape index (κ3) is 5.80. The Hall–Kier alpha value is -3.52. The first-order valence-electron chi connectivity index (χ1n) is 13.7. The highest BCUT2D eigenvalue weighted by Crippen LogP contribution is 2.33. The lowest BCUT2D eigenvalue weighted by Crippen LogP contribution is -2.45. The summed E-state index contributed by atoms with van der Waals surface area (Å²) in [7, 11) is 0. The summed E-state index contributed by atoms with van der Waals surface area (Å²) >= 11 is 0. The predicted octanol–water partition coefficient (Wildman–Crippen LogP) is 4.70. The smallest absolute Gasteiger partial charge is 0.292 e. The van der Waals surface area contributed by atoms with E-state index in [1.54, 1.807) is 13.0 Å². The molecule has 1 aromatic carbocycles. The topological polar surface area (TPSA) is 82.8 Å². The van der Waals surface area contributed by atoms with Gasteiger partial charge in [-0.25, -0.2) is 0 Å². The number of carbonyl (C=O) groups excluding carboxylic acids is 2. The molecule has 2 aliphatic heterocycles. The second-order valence-electron chi connectivity index (χ2n) is 10.9. The maximum atomic E-state index is 13.9. The van der Waals surface area contributed by atoms with Gasteiger partial charge in [0.25, 0.3) is 5.91 Å². The van der Waals surface area contributed by atoms with Gasteiger partial charge in [0, 0.05) is 63.1 Å². The summed E-state index contributed by atoms with van der Waals surface area (Å²) < 4.78 is 5.55. The number of rotatable bonds is 5. The van der Waals surface area contributed by atoms with Crippen LogP contribution in [-0.4, -0.2) is 56.9 Å². The average molecular weight is 516 g/mol. The van der Waals surface area contributed by atoms with Gasteiger partial charge >= 0.3 is 0 Å². The molecule has 0 radical (unpaired) electrons. The SMILES string of the molecule is CC(=O)N1CC[C@@H]2CC[C@H](CN(C(=O)c3cc(CC(C)C)no3)Cc3ccccc31)N2Cc1ccccn1. The van der Waals surface area contributed by atoms with Crippen molar-refractivity contribution in [2.45, 2.75) is 71.6 Å². The van der Waals surface area contributed by atoms with E-state index in [2.05, 4.69) is 35.0 Å². The molecule has 0 spiro atoms. The highest BCUT2D eigenvalue weighted by molar-refractivity contribution is 5.93. The van der Waals surface area contributed by atoms with Crippen LogP contribution < -0.4 is 4.90 Å². The third-order valence-electron chi connectivity index (χ3n) is 7.66. The Morgan fingerprint density at radius 3 is 2.58 bits per heavy atom. The summed E-state index contributed by atoms with van der Waals surface area (Å²) in [5, 5.41) is 4.17. The maximum Gasteiger partial charge on any atom is 0.292 e. The zero-order valence-corrected chi connectivity index (χ0v) is 22.5. The van der Waals surface area contributed by atoms with Crippen LogP contribution in [0.25, 0.3) is 0 Å². The Morgan fingerprint density at radius 2 is 1.82 bits per heavy atom. The van der Waals surface area contributed by atoms with Crippen molar-refractivity contribution in [2.24, 2.45) is 5.92 Å². The minimum Gasteiger partial charge on any atom is -0.351 e. The van der Waals surface area contributed by atoms with E-state index in [9.17, 15) is 9.59 Å². The zero-order valence-electron chi connectivity index (χ0n) is 22.5. The molecule has 4 heterocycles. The quantitative estimate of drug-likeness (QED) is 0.490. The molecular weight excluding hydrogens is 478 g/mol. The Balaban J connectivity index is 1.51. The number of fused-ring (bicyclic) bond motifs is 3. The second kappa shape index (κ2) is 11.5. The average Bonchev–Trinajstić information content (AvgIpc) is 3.50. The zero-order chi connectivity index (χ0) is 26.6. The van der Waals surface area contributed by atoms with Gasteiger partial charge in [-0.2, -0.15) is 0 Å². The monoisotopic (exact) mass is 515 g/mol.